The molecule has 0 unspecified atom stereocenters. The topological polar surface area (TPSA) is 104 Å². The first-order valence-corrected chi connectivity index (χ1v) is 14.5. The molecule has 2 aliphatic heterocycles. The summed E-state index contributed by atoms with van der Waals surface area (Å²) < 4.78 is 8.76. The summed E-state index contributed by atoms with van der Waals surface area (Å²) >= 11 is 1.42. The predicted octanol–water partition coefficient (Wildman–Crippen LogP) is 4.16. The van der Waals surface area contributed by atoms with Crippen molar-refractivity contribution in [1.82, 2.24) is 30.0 Å². The number of rotatable bonds is 7. The number of hydrogen-bond acceptors (Lipinski definition) is 10. The van der Waals surface area contributed by atoms with Crippen LogP contribution in [0.15, 0.2) is 63.4 Å². The minimum Gasteiger partial charge on any atom is -0.439 e. The molecule has 0 spiro atoms. The third-order valence-corrected chi connectivity index (χ3v) is 8.51. The number of aryl methyl sites for hydroxylation is 1. The van der Waals surface area contributed by atoms with Crippen LogP contribution in [0.5, 0.6) is 0 Å². The van der Waals surface area contributed by atoms with E-state index in [0.29, 0.717) is 27.9 Å². The quantitative estimate of drug-likeness (QED) is 0.307. The zero-order valence-corrected chi connectivity index (χ0v) is 23.1. The lowest BCUT2D eigenvalue weighted by Crippen LogP contribution is -2.43. The summed E-state index contributed by atoms with van der Waals surface area (Å²) in [4.78, 5) is 26.5. The first-order chi connectivity index (χ1) is 19.6. The summed E-state index contributed by atoms with van der Waals surface area (Å²) in [6.07, 6.45) is 5.07. The van der Waals surface area contributed by atoms with Gasteiger partial charge in [0.05, 0.1) is 5.69 Å². The molecule has 0 bridgehead atoms. The van der Waals surface area contributed by atoms with Gasteiger partial charge in [-0.15, -0.1) is 11.3 Å². The second kappa shape index (κ2) is 10.5. The second-order valence-corrected chi connectivity index (χ2v) is 11.1. The summed E-state index contributed by atoms with van der Waals surface area (Å²) in [6, 6.07) is 11.5. The van der Waals surface area contributed by atoms with E-state index in [2.05, 4.69) is 36.7 Å². The molecule has 4 aromatic heterocycles. The zero-order valence-electron chi connectivity index (χ0n) is 22.3. The van der Waals surface area contributed by atoms with Crippen LogP contribution in [0.4, 0.5) is 17.5 Å². The molecule has 2 N–H and O–H groups in total. The fourth-order valence-electron chi connectivity index (χ4n) is 5.12. The van der Waals surface area contributed by atoms with Crippen molar-refractivity contribution < 1.29 is 4.42 Å². The third-order valence-electron chi connectivity index (χ3n) is 7.53. The molecule has 5 aromatic rings. The first kappa shape index (κ1) is 24.9. The number of aromatic nitrogens is 4. The number of nitrogens with zero attached hydrogens (tertiary/aromatic N) is 6. The van der Waals surface area contributed by atoms with Crippen LogP contribution in [0.25, 0.3) is 27.2 Å². The smallest absolute Gasteiger partial charge is 0.229 e. The van der Waals surface area contributed by atoms with Gasteiger partial charge in [-0.1, -0.05) is 12.1 Å². The highest BCUT2D eigenvalue weighted by Gasteiger charge is 2.19. The van der Waals surface area contributed by atoms with E-state index in [9.17, 15) is 4.79 Å². The molecule has 0 amide bonds. The van der Waals surface area contributed by atoms with Gasteiger partial charge < -0.3 is 20.0 Å². The predicted molar refractivity (Wildman–Crippen MR) is 158 cm³/mol. The Morgan fingerprint density at radius 2 is 1.93 bits per heavy atom. The van der Waals surface area contributed by atoms with Gasteiger partial charge in [-0.2, -0.15) is 10.1 Å². The van der Waals surface area contributed by atoms with Crippen molar-refractivity contribution in [3.63, 3.8) is 0 Å². The largest absolute Gasteiger partial charge is 0.439 e. The maximum atomic E-state index is 12.8. The van der Waals surface area contributed by atoms with Crippen molar-refractivity contribution in [3.8, 4) is 16.9 Å². The van der Waals surface area contributed by atoms with Gasteiger partial charge in [0.1, 0.15) is 4.70 Å². The number of fused-ring (bicyclic) bond motifs is 1. The molecule has 10 nitrogen and oxygen atoms in total. The zero-order chi connectivity index (χ0) is 27.1. The Morgan fingerprint density at radius 1 is 1.10 bits per heavy atom. The van der Waals surface area contributed by atoms with Crippen molar-refractivity contribution in [2.75, 3.05) is 49.5 Å². The minimum atomic E-state index is 0.00129. The number of benzene rings is 1. The van der Waals surface area contributed by atoms with E-state index in [4.69, 9.17) is 9.40 Å². The average molecular weight is 555 g/mol. The lowest BCUT2D eigenvalue weighted by atomic mass is 10.1. The molecular formula is C29H30N8O2S. The number of likely N-dealkylation sites (tertiary alicyclic amines) is 1. The van der Waals surface area contributed by atoms with E-state index in [1.54, 1.807) is 12.3 Å². The average Bonchev–Trinajstić information content (AvgIpc) is 3.56. The first-order valence-electron chi connectivity index (χ1n) is 13.6. The van der Waals surface area contributed by atoms with Gasteiger partial charge in [0, 0.05) is 79.4 Å². The van der Waals surface area contributed by atoms with Gasteiger partial charge >= 0.3 is 0 Å². The summed E-state index contributed by atoms with van der Waals surface area (Å²) in [6.45, 7) is 8.66. The molecular weight excluding hydrogens is 524 g/mol. The number of anilines is 3. The Labute approximate surface area is 235 Å². The number of hydrogen-bond donors (Lipinski definition) is 2. The molecule has 40 heavy (non-hydrogen) atoms. The number of thiophene rings is 1. The van der Waals surface area contributed by atoms with E-state index in [1.165, 1.54) is 23.3 Å². The van der Waals surface area contributed by atoms with Gasteiger partial charge in [-0.25, -0.2) is 9.67 Å². The van der Waals surface area contributed by atoms with Gasteiger partial charge in [-0.3, -0.25) is 9.69 Å². The fourth-order valence-corrected chi connectivity index (χ4v) is 6.03. The molecule has 0 aliphatic carbocycles. The van der Waals surface area contributed by atoms with Gasteiger partial charge in [0.2, 0.25) is 11.4 Å². The Balaban J connectivity index is 1.10. The molecule has 11 heteroatoms. The summed E-state index contributed by atoms with van der Waals surface area (Å²) in [5.74, 6) is 1.84. The molecule has 2 aliphatic rings. The maximum absolute atomic E-state index is 12.8. The summed E-state index contributed by atoms with van der Waals surface area (Å²) in [5.41, 5.74) is 5.65. The van der Waals surface area contributed by atoms with Crippen LogP contribution in [-0.2, 0) is 6.54 Å². The van der Waals surface area contributed by atoms with Crippen molar-refractivity contribution in [2.45, 2.75) is 19.9 Å². The van der Waals surface area contributed by atoms with Gasteiger partial charge in [0.25, 0.3) is 0 Å². The normalized spacial score (nSPS) is 15.9. The summed E-state index contributed by atoms with van der Waals surface area (Å²) in [5, 5.41) is 13.3. The number of nitrogens with one attached hydrogen (secondary N) is 2. The monoisotopic (exact) mass is 554 g/mol. The van der Waals surface area contributed by atoms with E-state index in [0.717, 1.165) is 68.3 Å². The van der Waals surface area contributed by atoms with E-state index in [1.807, 2.05) is 47.3 Å². The molecule has 204 valence electrons. The lowest BCUT2D eigenvalue weighted by Gasteiger charge is -2.30. The van der Waals surface area contributed by atoms with Crippen LogP contribution in [0.1, 0.15) is 17.7 Å². The van der Waals surface area contributed by atoms with Gasteiger partial charge in [-0.05, 0) is 44.1 Å². The van der Waals surface area contributed by atoms with Crippen LogP contribution in [0.3, 0.4) is 0 Å². The van der Waals surface area contributed by atoms with Crippen molar-refractivity contribution in [2.24, 2.45) is 0 Å². The van der Waals surface area contributed by atoms with E-state index < -0.39 is 0 Å². The van der Waals surface area contributed by atoms with E-state index >= 15 is 0 Å². The molecule has 0 saturated carbocycles. The van der Waals surface area contributed by atoms with Crippen LogP contribution < -0.4 is 21.0 Å². The Kier molecular flexibility index (Phi) is 6.54. The van der Waals surface area contributed by atoms with Crippen molar-refractivity contribution in [1.29, 1.82) is 0 Å². The van der Waals surface area contributed by atoms with Crippen molar-refractivity contribution in [3.05, 3.63) is 75.7 Å². The fraction of sp³-hybridized carbons (Fsp3) is 0.310. The SMILES string of the molecule is Cc1nn(-c2ccnc(Nc3ccc(-c4csc5c(=O)cc(N6CCNCC6)oc45)cc3)n2)cc1CN1CCC1. The molecule has 2 fully saturated rings. The van der Waals surface area contributed by atoms with Crippen molar-refractivity contribution >= 4 is 39.1 Å². The number of piperazine rings is 1. The summed E-state index contributed by atoms with van der Waals surface area (Å²) in [7, 11) is 0. The van der Waals surface area contributed by atoms with Crippen LogP contribution in [-0.4, -0.2) is 63.9 Å². The molecule has 1 aromatic carbocycles. The maximum Gasteiger partial charge on any atom is 0.229 e. The molecule has 2 saturated heterocycles. The highest BCUT2D eigenvalue weighted by Crippen LogP contribution is 2.35. The molecule has 0 atom stereocenters. The molecule has 0 radical (unpaired) electrons. The highest BCUT2D eigenvalue weighted by molar-refractivity contribution is 7.17. The van der Waals surface area contributed by atoms with Gasteiger partial charge in [0.15, 0.2) is 17.3 Å². The van der Waals surface area contributed by atoms with Crippen LogP contribution >= 0.6 is 11.3 Å². The minimum absolute atomic E-state index is 0.00129. The molecule has 7 rings (SSSR count). The third kappa shape index (κ3) is 4.87. The Bertz CT molecular complexity index is 1710. The highest BCUT2D eigenvalue weighted by atomic mass is 32.1. The Morgan fingerprint density at radius 3 is 2.70 bits per heavy atom. The Hall–Kier alpha value is -4.06. The van der Waals surface area contributed by atoms with Crippen LogP contribution in [0.2, 0.25) is 0 Å². The van der Waals surface area contributed by atoms with Crippen LogP contribution in [0, 0.1) is 6.92 Å². The second-order valence-electron chi connectivity index (χ2n) is 10.2. The standard InChI is InChI=1S/C29H30N8O2S/c1-19-21(16-35-11-2-12-35)17-37(34-19)25-7-8-31-29(33-25)32-22-5-3-20(4-6-22)23-18-40-28-24(38)15-26(39-27(23)28)36-13-9-30-10-14-36/h3-8,15,17-18,30H,2,9-14,16H2,1H3,(H,31,32,33). The molecule has 6 heterocycles. The van der Waals surface area contributed by atoms with E-state index in [-0.39, 0.29) is 5.43 Å². The lowest BCUT2D eigenvalue weighted by molar-refractivity contribution is 0.172.